The molecule has 1 aromatic heterocycles. The van der Waals surface area contributed by atoms with Gasteiger partial charge in [-0.05, 0) is 12.0 Å². The lowest BCUT2D eigenvalue weighted by atomic mass is 10.1. The van der Waals surface area contributed by atoms with Crippen molar-refractivity contribution < 1.29 is 0 Å². The first-order chi connectivity index (χ1) is 7.83. The normalized spacial score (nSPS) is 12.6. The standard InChI is InChI=1S/C12H16N4/c1-2-8-16-11(9-14-15-16)12(13)10-6-4-3-5-7-10/h3-7,9,12H,2,8,13H2,1H3. The molecule has 0 aliphatic rings. The molecule has 1 heterocycles. The Labute approximate surface area is 95.1 Å². The molecule has 0 saturated carbocycles. The quantitative estimate of drug-likeness (QED) is 0.846. The van der Waals surface area contributed by atoms with Crippen molar-refractivity contribution in [3.8, 4) is 0 Å². The summed E-state index contributed by atoms with van der Waals surface area (Å²) in [4.78, 5) is 0. The first kappa shape index (κ1) is 10.8. The van der Waals surface area contributed by atoms with E-state index in [1.807, 2.05) is 35.0 Å². The van der Waals surface area contributed by atoms with Crippen molar-refractivity contribution in [3.05, 3.63) is 47.8 Å². The van der Waals surface area contributed by atoms with Gasteiger partial charge in [0.1, 0.15) is 0 Å². The van der Waals surface area contributed by atoms with Crippen LogP contribution in [0.3, 0.4) is 0 Å². The minimum absolute atomic E-state index is 0.150. The van der Waals surface area contributed by atoms with E-state index in [1.165, 1.54) is 0 Å². The summed E-state index contributed by atoms with van der Waals surface area (Å²) in [7, 11) is 0. The fourth-order valence-electron chi connectivity index (χ4n) is 1.72. The van der Waals surface area contributed by atoms with Crippen LogP contribution in [0.25, 0.3) is 0 Å². The highest BCUT2D eigenvalue weighted by Gasteiger charge is 2.13. The van der Waals surface area contributed by atoms with Gasteiger partial charge in [0.2, 0.25) is 0 Å². The number of hydrogen-bond donors (Lipinski definition) is 1. The van der Waals surface area contributed by atoms with Gasteiger partial charge in [-0.15, -0.1) is 5.10 Å². The van der Waals surface area contributed by atoms with Crippen LogP contribution < -0.4 is 5.73 Å². The summed E-state index contributed by atoms with van der Waals surface area (Å²) in [6.45, 7) is 2.97. The van der Waals surface area contributed by atoms with Crippen LogP contribution >= 0.6 is 0 Å². The third kappa shape index (κ3) is 2.12. The molecule has 4 nitrogen and oxygen atoms in total. The van der Waals surface area contributed by atoms with Crippen molar-refractivity contribution in [1.82, 2.24) is 15.0 Å². The van der Waals surface area contributed by atoms with E-state index in [4.69, 9.17) is 5.73 Å². The summed E-state index contributed by atoms with van der Waals surface area (Å²) in [6.07, 6.45) is 2.77. The zero-order valence-electron chi connectivity index (χ0n) is 9.37. The Balaban J connectivity index is 2.27. The average Bonchev–Trinajstić information content (AvgIpc) is 2.78. The third-order valence-electron chi connectivity index (χ3n) is 2.56. The molecule has 0 fully saturated rings. The second-order valence-electron chi connectivity index (χ2n) is 3.77. The van der Waals surface area contributed by atoms with Crippen LogP contribution in [0.4, 0.5) is 0 Å². The molecule has 0 radical (unpaired) electrons. The lowest BCUT2D eigenvalue weighted by Crippen LogP contribution is -2.17. The Morgan fingerprint density at radius 2 is 2.06 bits per heavy atom. The molecule has 1 atom stereocenters. The van der Waals surface area contributed by atoms with Crippen LogP contribution in [0.2, 0.25) is 0 Å². The molecule has 1 aromatic carbocycles. The maximum Gasteiger partial charge on any atom is 0.0799 e. The molecule has 1 unspecified atom stereocenters. The average molecular weight is 216 g/mol. The molecule has 0 saturated heterocycles. The third-order valence-corrected chi connectivity index (χ3v) is 2.56. The van der Waals surface area contributed by atoms with E-state index in [9.17, 15) is 0 Å². The van der Waals surface area contributed by atoms with Crippen LogP contribution in [-0.2, 0) is 6.54 Å². The number of benzene rings is 1. The summed E-state index contributed by atoms with van der Waals surface area (Å²) in [6, 6.07) is 9.86. The largest absolute Gasteiger partial charge is 0.319 e. The van der Waals surface area contributed by atoms with Gasteiger partial charge in [-0.2, -0.15) is 0 Å². The molecule has 2 aromatic rings. The van der Waals surface area contributed by atoms with Crippen molar-refractivity contribution in [2.45, 2.75) is 25.9 Å². The molecule has 0 aliphatic heterocycles. The van der Waals surface area contributed by atoms with Crippen molar-refractivity contribution in [2.24, 2.45) is 5.73 Å². The highest BCUT2D eigenvalue weighted by Crippen LogP contribution is 2.18. The van der Waals surface area contributed by atoms with Crippen LogP contribution in [-0.4, -0.2) is 15.0 Å². The van der Waals surface area contributed by atoms with Crippen molar-refractivity contribution in [3.63, 3.8) is 0 Å². The van der Waals surface area contributed by atoms with Gasteiger partial charge < -0.3 is 5.73 Å². The molecule has 0 amide bonds. The Kier molecular flexibility index (Phi) is 3.31. The molecule has 2 rings (SSSR count). The molecule has 2 N–H and O–H groups in total. The SMILES string of the molecule is CCCn1nncc1C(N)c1ccccc1. The van der Waals surface area contributed by atoms with Gasteiger partial charge in [-0.25, -0.2) is 4.68 Å². The number of hydrogen-bond acceptors (Lipinski definition) is 3. The predicted molar refractivity (Wildman–Crippen MR) is 62.8 cm³/mol. The smallest absolute Gasteiger partial charge is 0.0799 e. The van der Waals surface area contributed by atoms with Crippen LogP contribution in [0.15, 0.2) is 36.5 Å². The number of nitrogens with zero attached hydrogens (tertiary/aromatic N) is 3. The molecule has 84 valence electrons. The van der Waals surface area contributed by atoms with Crippen molar-refractivity contribution in [2.75, 3.05) is 0 Å². The predicted octanol–water partition coefficient (Wildman–Crippen LogP) is 1.74. The molecule has 0 aliphatic carbocycles. The summed E-state index contributed by atoms with van der Waals surface area (Å²) in [5.41, 5.74) is 8.24. The highest BCUT2D eigenvalue weighted by atomic mass is 15.4. The van der Waals surface area contributed by atoms with E-state index in [0.717, 1.165) is 24.2 Å². The zero-order valence-corrected chi connectivity index (χ0v) is 9.37. The number of rotatable bonds is 4. The highest BCUT2D eigenvalue weighted by molar-refractivity contribution is 5.25. The van der Waals surface area contributed by atoms with Gasteiger partial charge in [0.05, 0.1) is 17.9 Å². The minimum atomic E-state index is -0.150. The van der Waals surface area contributed by atoms with E-state index < -0.39 is 0 Å². The first-order valence-corrected chi connectivity index (χ1v) is 5.52. The topological polar surface area (TPSA) is 56.7 Å². The molecule has 16 heavy (non-hydrogen) atoms. The van der Waals surface area contributed by atoms with Crippen LogP contribution in [0.1, 0.15) is 30.6 Å². The Morgan fingerprint density at radius 1 is 1.31 bits per heavy atom. The van der Waals surface area contributed by atoms with Gasteiger partial charge in [0.25, 0.3) is 0 Å². The van der Waals surface area contributed by atoms with Crippen LogP contribution in [0, 0.1) is 0 Å². The van der Waals surface area contributed by atoms with Gasteiger partial charge in [-0.1, -0.05) is 42.5 Å². The molecular formula is C12H16N4. The van der Waals surface area contributed by atoms with E-state index in [-0.39, 0.29) is 6.04 Å². The summed E-state index contributed by atoms with van der Waals surface area (Å²) in [5, 5.41) is 7.96. The van der Waals surface area contributed by atoms with Gasteiger partial charge >= 0.3 is 0 Å². The lowest BCUT2D eigenvalue weighted by Gasteiger charge is -2.12. The number of aromatic nitrogens is 3. The van der Waals surface area contributed by atoms with Gasteiger partial charge in [0, 0.05) is 6.54 Å². The van der Waals surface area contributed by atoms with Gasteiger partial charge in [-0.3, -0.25) is 0 Å². The minimum Gasteiger partial charge on any atom is -0.319 e. The Hall–Kier alpha value is -1.68. The van der Waals surface area contributed by atoms with E-state index in [0.29, 0.717) is 0 Å². The summed E-state index contributed by atoms with van der Waals surface area (Å²) < 4.78 is 1.87. The molecular weight excluding hydrogens is 200 g/mol. The Morgan fingerprint density at radius 3 is 2.75 bits per heavy atom. The Bertz CT molecular complexity index is 435. The second-order valence-corrected chi connectivity index (χ2v) is 3.77. The van der Waals surface area contributed by atoms with Gasteiger partial charge in [0.15, 0.2) is 0 Å². The van der Waals surface area contributed by atoms with E-state index in [1.54, 1.807) is 6.20 Å². The fraction of sp³-hybridized carbons (Fsp3) is 0.333. The molecule has 0 spiro atoms. The number of aryl methyl sites for hydroxylation is 1. The fourth-order valence-corrected chi connectivity index (χ4v) is 1.72. The maximum absolute atomic E-state index is 6.19. The monoisotopic (exact) mass is 216 g/mol. The second kappa shape index (κ2) is 4.90. The maximum atomic E-state index is 6.19. The lowest BCUT2D eigenvalue weighted by molar-refractivity contribution is 0.543. The molecule has 4 heteroatoms. The number of nitrogens with two attached hydrogens (primary N) is 1. The first-order valence-electron chi connectivity index (χ1n) is 5.52. The van der Waals surface area contributed by atoms with E-state index >= 15 is 0 Å². The zero-order chi connectivity index (χ0) is 11.4. The van der Waals surface area contributed by atoms with E-state index in [2.05, 4.69) is 17.2 Å². The summed E-state index contributed by atoms with van der Waals surface area (Å²) in [5.74, 6) is 0. The molecule has 0 bridgehead atoms. The summed E-state index contributed by atoms with van der Waals surface area (Å²) >= 11 is 0. The van der Waals surface area contributed by atoms with Crippen molar-refractivity contribution in [1.29, 1.82) is 0 Å². The van der Waals surface area contributed by atoms with Crippen molar-refractivity contribution >= 4 is 0 Å². The van der Waals surface area contributed by atoms with Crippen LogP contribution in [0.5, 0.6) is 0 Å².